The third kappa shape index (κ3) is 3.67. The van der Waals surface area contributed by atoms with Gasteiger partial charge in [-0.2, -0.15) is 11.8 Å². The van der Waals surface area contributed by atoms with E-state index < -0.39 is 0 Å². The van der Waals surface area contributed by atoms with Crippen LogP contribution >= 0.6 is 23.4 Å². The fraction of sp³-hybridized carbons (Fsp3) is 0.600. The Morgan fingerprint density at radius 2 is 2.25 bits per heavy atom. The van der Waals surface area contributed by atoms with Crippen LogP contribution in [-0.2, 0) is 6.42 Å². The van der Waals surface area contributed by atoms with Crippen molar-refractivity contribution in [1.82, 2.24) is 10.3 Å². The van der Waals surface area contributed by atoms with E-state index in [4.69, 9.17) is 11.6 Å². The van der Waals surface area contributed by atoms with Crippen molar-refractivity contribution >= 4 is 29.3 Å². The highest BCUT2D eigenvalue weighted by Crippen LogP contribution is 2.42. The average Bonchev–Trinajstić information content (AvgIpc) is 2.37. The van der Waals surface area contributed by atoms with Gasteiger partial charge in [-0.25, -0.2) is 4.98 Å². The van der Waals surface area contributed by atoms with Crippen LogP contribution in [0.4, 0.5) is 0 Å². The molecule has 2 rings (SSSR count). The zero-order chi connectivity index (χ0) is 14.6. The predicted octanol–water partition coefficient (Wildman–Crippen LogP) is 3.70. The number of hydrogen-bond acceptors (Lipinski definition) is 3. The molecule has 1 aromatic rings. The molecule has 1 saturated carbocycles. The van der Waals surface area contributed by atoms with E-state index in [1.807, 2.05) is 17.8 Å². The van der Waals surface area contributed by atoms with Gasteiger partial charge in [0.05, 0.1) is 0 Å². The number of hydrogen-bond donors (Lipinski definition) is 1. The van der Waals surface area contributed by atoms with Crippen LogP contribution < -0.4 is 5.32 Å². The standard InChI is InChI=1S/C15H21ClN2OS/c1-3-5-12-8-11(9-13(16)18-12)14(19)17-10-15(20-2)6-4-7-15/h8-9H,3-7,10H2,1-2H3,(H,17,19). The molecule has 0 atom stereocenters. The minimum absolute atomic E-state index is 0.0491. The molecule has 0 saturated heterocycles. The summed E-state index contributed by atoms with van der Waals surface area (Å²) in [6.45, 7) is 2.82. The van der Waals surface area contributed by atoms with E-state index in [0.29, 0.717) is 10.7 Å². The Balaban J connectivity index is 2.01. The molecule has 1 fully saturated rings. The van der Waals surface area contributed by atoms with Crippen molar-refractivity contribution in [2.24, 2.45) is 0 Å². The van der Waals surface area contributed by atoms with Gasteiger partial charge >= 0.3 is 0 Å². The van der Waals surface area contributed by atoms with Crippen LogP contribution in [0, 0.1) is 0 Å². The monoisotopic (exact) mass is 312 g/mol. The van der Waals surface area contributed by atoms with Crippen LogP contribution in [0.25, 0.3) is 0 Å². The Bertz CT molecular complexity index is 483. The summed E-state index contributed by atoms with van der Waals surface area (Å²) >= 11 is 7.85. The quantitative estimate of drug-likeness (QED) is 0.814. The molecule has 1 aliphatic rings. The second kappa shape index (κ2) is 6.81. The van der Waals surface area contributed by atoms with E-state index >= 15 is 0 Å². The van der Waals surface area contributed by atoms with E-state index in [2.05, 4.69) is 23.5 Å². The first-order chi connectivity index (χ1) is 9.58. The molecule has 0 bridgehead atoms. The van der Waals surface area contributed by atoms with Gasteiger partial charge in [0.2, 0.25) is 0 Å². The lowest BCUT2D eigenvalue weighted by Gasteiger charge is -2.40. The summed E-state index contributed by atoms with van der Waals surface area (Å²) in [5, 5.41) is 3.44. The van der Waals surface area contributed by atoms with Crippen molar-refractivity contribution in [3.8, 4) is 0 Å². The molecule has 0 unspecified atom stereocenters. The van der Waals surface area contributed by atoms with Gasteiger partial charge in [0, 0.05) is 22.5 Å². The number of halogens is 1. The minimum atomic E-state index is -0.0491. The molecular formula is C15H21ClN2OS. The number of thioether (sulfide) groups is 1. The largest absolute Gasteiger partial charge is 0.351 e. The number of carbonyl (C=O) groups excluding carboxylic acids is 1. The third-order valence-corrected chi connectivity index (χ3v) is 5.50. The fourth-order valence-corrected chi connectivity index (χ4v) is 3.57. The molecule has 0 radical (unpaired) electrons. The number of aryl methyl sites for hydroxylation is 1. The number of carbonyl (C=O) groups is 1. The van der Waals surface area contributed by atoms with Crippen molar-refractivity contribution in [2.45, 2.75) is 43.8 Å². The first-order valence-corrected chi connectivity index (χ1v) is 8.68. The normalized spacial score (nSPS) is 16.6. The summed E-state index contributed by atoms with van der Waals surface area (Å²) < 4.78 is 0.249. The smallest absolute Gasteiger partial charge is 0.251 e. The topological polar surface area (TPSA) is 42.0 Å². The van der Waals surface area contributed by atoms with Crippen LogP contribution in [0.5, 0.6) is 0 Å². The molecule has 1 amide bonds. The molecule has 110 valence electrons. The number of nitrogens with one attached hydrogen (secondary N) is 1. The maximum atomic E-state index is 12.2. The van der Waals surface area contributed by atoms with E-state index in [1.165, 1.54) is 19.3 Å². The summed E-state index contributed by atoms with van der Waals surface area (Å²) in [5.41, 5.74) is 1.50. The second-order valence-electron chi connectivity index (χ2n) is 5.34. The zero-order valence-electron chi connectivity index (χ0n) is 12.0. The molecular weight excluding hydrogens is 292 g/mol. The fourth-order valence-electron chi connectivity index (χ4n) is 2.43. The first kappa shape index (κ1) is 15.6. The Labute approximate surface area is 129 Å². The number of rotatable bonds is 6. The highest BCUT2D eigenvalue weighted by molar-refractivity contribution is 8.00. The van der Waals surface area contributed by atoms with Crippen molar-refractivity contribution in [3.63, 3.8) is 0 Å². The Hall–Kier alpha value is -0.740. The summed E-state index contributed by atoms with van der Waals surface area (Å²) in [7, 11) is 0. The van der Waals surface area contributed by atoms with Crippen molar-refractivity contribution in [3.05, 3.63) is 28.5 Å². The van der Waals surface area contributed by atoms with E-state index in [1.54, 1.807) is 6.07 Å². The van der Waals surface area contributed by atoms with Crippen LogP contribution in [0.1, 0.15) is 48.7 Å². The lowest BCUT2D eigenvalue weighted by molar-refractivity contribution is 0.0943. The number of nitrogens with zero attached hydrogens (tertiary/aromatic N) is 1. The third-order valence-electron chi connectivity index (χ3n) is 3.88. The summed E-state index contributed by atoms with van der Waals surface area (Å²) in [5.74, 6) is -0.0491. The predicted molar refractivity (Wildman–Crippen MR) is 85.7 cm³/mol. The van der Waals surface area contributed by atoms with Crippen LogP contribution in [-0.4, -0.2) is 28.4 Å². The SMILES string of the molecule is CCCc1cc(C(=O)NCC2(SC)CCC2)cc(Cl)n1. The molecule has 3 nitrogen and oxygen atoms in total. The maximum absolute atomic E-state index is 12.2. The minimum Gasteiger partial charge on any atom is -0.351 e. The Morgan fingerprint density at radius 3 is 2.80 bits per heavy atom. The number of amides is 1. The molecule has 20 heavy (non-hydrogen) atoms. The molecule has 1 aromatic heterocycles. The van der Waals surface area contributed by atoms with Gasteiger partial charge in [0.15, 0.2) is 0 Å². The highest BCUT2D eigenvalue weighted by atomic mass is 35.5. The lowest BCUT2D eigenvalue weighted by Crippen LogP contribution is -2.45. The number of pyridine rings is 1. The molecule has 1 aliphatic carbocycles. The molecule has 0 aliphatic heterocycles. The van der Waals surface area contributed by atoms with Crippen molar-refractivity contribution < 1.29 is 4.79 Å². The molecule has 5 heteroatoms. The van der Waals surface area contributed by atoms with E-state index in [9.17, 15) is 4.79 Å². The van der Waals surface area contributed by atoms with Gasteiger partial charge in [-0.05, 0) is 37.7 Å². The Kier molecular flexibility index (Phi) is 5.33. The van der Waals surface area contributed by atoms with Gasteiger partial charge in [0.1, 0.15) is 5.15 Å². The number of aromatic nitrogens is 1. The summed E-state index contributed by atoms with van der Waals surface area (Å²) in [6.07, 6.45) is 7.59. The van der Waals surface area contributed by atoms with Crippen LogP contribution in [0.15, 0.2) is 12.1 Å². The second-order valence-corrected chi connectivity index (χ2v) is 7.00. The van der Waals surface area contributed by atoms with Crippen LogP contribution in [0.3, 0.4) is 0 Å². The van der Waals surface area contributed by atoms with E-state index in [0.717, 1.165) is 25.1 Å². The molecule has 0 spiro atoms. The van der Waals surface area contributed by atoms with Gasteiger partial charge in [-0.1, -0.05) is 31.4 Å². The first-order valence-electron chi connectivity index (χ1n) is 7.08. The molecule has 0 aromatic carbocycles. The summed E-state index contributed by atoms with van der Waals surface area (Å²) in [4.78, 5) is 16.5. The molecule has 1 heterocycles. The van der Waals surface area contributed by atoms with Gasteiger partial charge < -0.3 is 5.32 Å². The highest BCUT2D eigenvalue weighted by Gasteiger charge is 2.36. The van der Waals surface area contributed by atoms with Crippen molar-refractivity contribution in [1.29, 1.82) is 0 Å². The van der Waals surface area contributed by atoms with E-state index in [-0.39, 0.29) is 10.7 Å². The van der Waals surface area contributed by atoms with Crippen molar-refractivity contribution in [2.75, 3.05) is 12.8 Å². The Morgan fingerprint density at radius 1 is 1.50 bits per heavy atom. The zero-order valence-corrected chi connectivity index (χ0v) is 13.6. The maximum Gasteiger partial charge on any atom is 0.251 e. The summed E-state index contributed by atoms with van der Waals surface area (Å²) in [6, 6.07) is 3.49. The van der Waals surface area contributed by atoms with Gasteiger partial charge in [-0.3, -0.25) is 4.79 Å². The van der Waals surface area contributed by atoms with Gasteiger partial charge in [-0.15, -0.1) is 0 Å². The average molecular weight is 313 g/mol. The molecule has 1 N–H and O–H groups in total. The van der Waals surface area contributed by atoms with Gasteiger partial charge in [0.25, 0.3) is 5.91 Å². The van der Waals surface area contributed by atoms with Crippen LogP contribution in [0.2, 0.25) is 5.15 Å². The lowest BCUT2D eigenvalue weighted by atomic mass is 9.84.